The Morgan fingerprint density at radius 3 is 2.13 bits per heavy atom. The lowest BCUT2D eigenvalue weighted by Gasteiger charge is -2.18. The summed E-state index contributed by atoms with van der Waals surface area (Å²) < 4.78 is 27.7. The first-order valence-electron chi connectivity index (χ1n) is 5.39. The maximum Gasteiger partial charge on any atom is 0.277 e. The summed E-state index contributed by atoms with van der Waals surface area (Å²) in [4.78, 5) is 0. The molecule has 0 saturated carbocycles. The second kappa shape index (κ2) is 5.82. The summed E-state index contributed by atoms with van der Waals surface area (Å²) in [5.74, 6) is 0. The quantitative estimate of drug-likeness (QED) is 0.689. The molecule has 0 heterocycles. The van der Waals surface area contributed by atoms with Gasteiger partial charge in [-0.2, -0.15) is 13.1 Å². The summed E-state index contributed by atoms with van der Waals surface area (Å²) in [6.45, 7) is 10.5. The summed E-state index contributed by atoms with van der Waals surface area (Å²) in [7, 11) is -3.30. The van der Waals surface area contributed by atoms with Gasteiger partial charge in [0.1, 0.15) is 0 Å². The highest BCUT2D eigenvalue weighted by Crippen LogP contribution is 2.19. The van der Waals surface area contributed by atoms with E-state index in [0.29, 0.717) is 6.54 Å². The van der Waals surface area contributed by atoms with E-state index < -0.39 is 10.2 Å². The molecule has 0 aliphatic carbocycles. The molecular formula is C10H24N2O2S. The van der Waals surface area contributed by atoms with E-state index in [-0.39, 0.29) is 11.5 Å². The minimum atomic E-state index is -3.30. The zero-order valence-electron chi connectivity index (χ0n) is 10.4. The van der Waals surface area contributed by atoms with E-state index in [1.165, 1.54) is 0 Å². The van der Waals surface area contributed by atoms with Crippen molar-refractivity contribution in [2.75, 3.05) is 6.54 Å². The zero-order chi connectivity index (χ0) is 12.1. The Kier molecular flexibility index (Phi) is 5.77. The topological polar surface area (TPSA) is 58.2 Å². The Labute approximate surface area is 94.0 Å². The third kappa shape index (κ3) is 10.2. The van der Waals surface area contributed by atoms with E-state index in [0.717, 1.165) is 12.8 Å². The summed E-state index contributed by atoms with van der Waals surface area (Å²) in [6.07, 6.45) is 1.87. The van der Waals surface area contributed by atoms with Crippen molar-refractivity contribution >= 4 is 10.2 Å². The van der Waals surface area contributed by atoms with Gasteiger partial charge in [0, 0.05) is 12.6 Å². The van der Waals surface area contributed by atoms with Crippen LogP contribution < -0.4 is 9.44 Å². The molecule has 0 unspecified atom stereocenters. The van der Waals surface area contributed by atoms with Crippen molar-refractivity contribution in [1.82, 2.24) is 9.44 Å². The van der Waals surface area contributed by atoms with E-state index in [1.54, 1.807) is 13.8 Å². The van der Waals surface area contributed by atoms with Crippen LogP contribution >= 0.6 is 0 Å². The molecule has 0 aromatic rings. The van der Waals surface area contributed by atoms with Crippen LogP contribution in [0.1, 0.15) is 47.5 Å². The molecule has 92 valence electrons. The maximum atomic E-state index is 11.3. The molecule has 0 bridgehead atoms. The molecule has 0 spiro atoms. The molecule has 0 aliphatic rings. The van der Waals surface area contributed by atoms with Crippen molar-refractivity contribution in [2.24, 2.45) is 5.41 Å². The Morgan fingerprint density at radius 1 is 1.20 bits per heavy atom. The Morgan fingerprint density at radius 2 is 1.73 bits per heavy atom. The van der Waals surface area contributed by atoms with Crippen LogP contribution in [0, 0.1) is 5.41 Å². The van der Waals surface area contributed by atoms with E-state index >= 15 is 0 Å². The predicted octanol–water partition coefficient (Wildman–Crippen LogP) is 1.65. The van der Waals surface area contributed by atoms with Gasteiger partial charge in [-0.25, -0.2) is 4.72 Å². The number of rotatable bonds is 6. The van der Waals surface area contributed by atoms with E-state index in [1.807, 2.05) is 0 Å². The van der Waals surface area contributed by atoms with Crippen molar-refractivity contribution in [3.8, 4) is 0 Å². The van der Waals surface area contributed by atoms with Crippen LogP contribution in [0.15, 0.2) is 0 Å². The van der Waals surface area contributed by atoms with Gasteiger partial charge in [0.05, 0.1) is 0 Å². The lowest BCUT2D eigenvalue weighted by molar-refractivity contribution is 0.365. The highest BCUT2D eigenvalue weighted by molar-refractivity contribution is 7.87. The first kappa shape index (κ1) is 14.9. The van der Waals surface area contributed by atoms with Crippen molar-refractivity contribution in [1.29, 1.82) is 0 Å². The highest BCUT2D eigenvalue weighted by Gasteiger charge is 2.12. The summed E-state index contributed by atoms with van der Waals surface area (Å²) in [5, 5.41) is 0. The molecule has 0 aliphatic heterocycles. The van der Waals surface area contributed by atoms with Crippen LogP contribution in [0.5, 0.6) is 0 Å². The highest BCUT2D eigenvalue weighted by atomic mass is 32.2. The second-order valence-electron chi connectivity index (χ2n) is 5.33. The third-order valence-electron chi connectivity index (χ3n) is 1.79. The molecule has 5 heteroatoms. The smallest absolute Gasteiger partial charge is 0.202 e. The van der Waals surface area contributed by atoms with Gasteiger partial charge in [0.15, 0.2) is 0 Å². The SMILES string of the molecule is CC(C)NS(=O)(=O)NCCCC(C)(C)C. The first-order valence-corrected chi connectivity index (χ1v) is 6.88. The van der Waals surface area contributed by atoms with Gasteiger partial charge in [-0.3, -0.25) is 0 Å². The van der Waals surface area contributed by atoms with Crippen LogP contribution in [-0.4, -0.2) is 21.0 Å². The molecule has 4 nitrogen and oxygen atoms in total. The van der Waals surface area contributed by atoms with Crippen molar-refractivity contribution in [2.45, 2.75) is 53.5 Å². The molecular weight excluding hydrogens is 212 g/mol. The lowest BCUT2D eigenvalue weighted by Crippen LogP contribution is -2.40. The molecule has 0 aromatic carbocycles. The zero-order valence-corrected chi connectivity index (χ0v) is 11.2. The maximum absolute atomic E-state index is 11.3. The van der Waals surface area contributed by atoms with Crippen LogP contribution in [0.2, 0.25) is 0 Å². The molecule has 0 rings (SSSR count). The van der Waals surface area contributed by atoms with Gasteiger partial charge < -0.3 is 0 Å². The average molecular weight is 236 g/mol. The molecule has 0 fully saturated rings. The summed E-state index contributed by atoms with van der Waals surface area (Å²) >= 11 is 0. The van der Waals surface area contributed by atoms with Crippen LogP contribution in [0.4, 0.5) is 0 Å². The lowest BCUT2D eigenvalue weighted by atomic mass is 9.91. The van der Waals surface area contributed by atoms with Crippen molar-refractivity contribution in [3.05, 3.63) is 0 Å². The van der Waals surface area contributed by atoms with Gasteiger partial charge in [-0.1, -0.05) is 20.8 Å². The molecule has 0 radical (unpaired) electrons. The summed E-state index contributed by atoms with van der Waals surface area (Å²) in [5.41, 5.74) is 0.261. The predicted molar refractivity (Wildman–Crippen MR) is 63.9 cm³/mol. The van der Waals surface area contributed by atoms with Crippen LogP contribution in [0.25, 0.3) is 0 Å². The van der Waals surface area contributed by atoms with Gasteiger partial charge in [0.25, 0.3) is 10.2 Å². The average Bonchev–Trinajstić information content (AvgIpc) is 1.93. The van der Waals surface area contributed by atoms with Gasteiger partial charge in [-0.15, -0.1) is 0 Å². The largest absolute Gasteiger partial charge is 0.277 e. The third-order valence-corrected chi connectivity index (χ3v) is 3.15. The molecule has 0 aromatic heterocycles. The minimum absolute atomic E-state index is 0.0647. The van der Waals surface area contributed by atoms with E-state index in [9.17, 15) is 8.42 Å². The fourth-order valence-electron chi connectivity index (χ4n) is 1.18. The Hall–Kier alpha value is -0.130. The van der Waals surface area contributed by atoms with E-state index in [2.05, 4.69) is 30.2 Å². The Balaban J connectivity index is 3.77. The van der Waals surface area contributed by atoms with Gasteiger partial charge in [-0.05, 0) is 32.1 Å². The monoisotopic (exact) mass is 236 g/mol. The van der Waals surface area contributed by atoms with Crippen molar-refractivity contribution < 1.29 is 8.42 Å². The minimum Gasteiger partial charge on any atom is -0.202 e. The van der Waals surface area contributed by atoms with Crippen molar-refractivity contribution in [3.63, 3.8) is 0 Å². The standard InChI is InChI=1S/C10H24N2O2S/c1-9(2)12-15(13,14)11-8-6-7-10(3,4)5/h9,11-12H,6-8H2,1-5H3. The van der Waals surface area contributed by atoms with Crippen LogP contribution in [0.3, 0.4) is 0 Å². The normalized spacial score (nSPS) is 13.5. The summed E-state index contributed by atoms with van der Waals surface area (Å²) in [6, 6.07) is -0.0647. The van der Waals surface area contributed by atoms with E-state index in [4.69, 9.17) is 0 Å². The molecule has 2 N–H and O–H groups in total. The van der Waals surface area contributed by atoms with Gasteiger partial charge >= 0.3 is 0 Å². The Bertz CT molecular complexity index is 266. The molecule has 15 heavy (non-hydrogen) atoms. The fourth-order valence-corrected chi connectivity index (χ4v) is 2.29. The second-order valence-corrected chi connectivity index (χ2v) is 6.87. The number of hydrogen-bond acceptors (Lipinski definition) is 2. The first-order chi connectivity index (χ1) is 6.62. The molecule has 0 atom stereocenters. The molecule has 0 amide bonds. The fraction of sp³-hybridized carbons (Fsp3) is 1.00. The van der Waals surface area contributed by atoms with Gasteiger partial charge in [0.2, 0.25) is 0 Å². The molecule has 0 saturated heterocycles. The number of hydrogen-bond donors (Lipinski definition) is 2. The van der Waals surface area contributed by atoms with Crippen LogP contribution in [-0.2, 0) is 10.2 Å². The number of nitrogens with one attached hydrogen (secondary N) is 2.